The number of carboxylic acid groups (broad SMARTS) is 1. The molecule has 178 valence electrons. The van der Waals surface area contributed by atoms with E-state index in [1.54, 1.807) is 6.08 Å². The van der Waals surface area contributed by atoms with Crippen molar-refractivity contribution >= 4 is 29.9 Å². The molecule has 2 heterocycles. The predicted molar refractivity (Wildman–Crippen MR) is 123 cm³/mol. The first kappa shape index (κ1) is 24.4. The topological polar surface area (TPSA) is 119 Å². The number of piperazine rings is 1. The largest absolute Gasteiger partial charge is 0.481 e. The van der Waals surface area contributed by atoms with Gasteiger partial charge in [-0.3, -0.25) is 19.8 Å². The zero-order valence-corrected chi connectivity index (χ0v) is 19.2. The maximum Gasteiger partial charge on any atom is 0.347 e. The molecule has 3 rings (SSSR count). The van der Waals surface area contributed by atoms with Crippen LogP contribution in [0, 0.1) is 17.8 Å². The predicted octanol–water partition coefficient (Wildman–Crippen LogP) is 2.11. The molecule has 1 aromatic rings. The molecule has 33 heavy (non-hydrogen) atoms. The number of nitrogens with zero attached hydrogens (tertiary/aromatic N) is 2. The molecule has 0 spiro atoms. The molecule has 3 unspecified atom stereocenters. The molecule has 3 N–H and O–H groups in total. The Morgan fingerprint density at radius 3 is 2.48 bits per heavy atom. The number of hydrogen-bond acceptors (Lipinski definition) is 5. The number of carbonyl (C=O) groups excluding carboxylic acids is 3. The molecule has 9 heteroatoms. The highest BCUT2D eigenvalue weighted by Crippen LogP contribution is 2.27. The standard InChI is InChI=1S/C24H32N4O5/c1-15(2)12-19(18(23(31)32)11-7-10-17-8-5-4-6-9-17)21(29)26-28-22(30)20-14-25-13-16(3)27(20)24(28)33/h4-10,15-16,18-20,25H,11-14H2,1-3H3,(H,26,29)(H,31,32)/b10-7+/t16?,18?,19-,20?/m1/s1. The summed E-state index contributed by atoms with van der Waals surface area (Å²) in [6.07, 6.45) is 4.02. The van der Waals surface area contributed by atoms with Gasteiger partial charge in [0.2, 0.25) is 5.91 Å². The van der Waals surface area contributed by atoms with Crippen LogP contribution in [-0.4, -0.2) is 64.0 Å². The van der Waals surface area contributed by atoms with Crippen molar-refractivity contribution in [1.82, 2.24) is 20.7 Å². The summed E-state index contributed by atoms with van der Waals surface area (Å²) in [5.74, 6) is -4.10. The van der Waals surface area contributed by atoms with Crippen LogP contribution >= 0.6 is 0 Å². The summed E-state index contributed by atoms with van der Waals surface area (Å²) in [6, 6.07) is 8.03. The fraction of sp³-hybridized carbons (Fsp3) is 0.500. The maximum absolute atomic E-state index is 13.2. The van der Waals surface area contributed by atoms with Crippen LogP contribution in [0.15, 0.2) is 36.4 Å². The molecule has 0 saturated carbocycles. The molecular weight excluding hydrogens is 424 g/mol. The summed E-state index contributed by atoms with van der Waals surface area (Å²) < 4.78 is 0. The van der Waals surface area contributed by atoms with Gasteiger partial charge in [-0.25, -0.2) is 4.79 Å². The Bertz CT molecular complexity index is 917. The van der Waals surface area contributed by atoms with Crippen molar-refractivity contribution < 1.29 is 24.3 Å². The second-order valence-electron chi connectivity index (χ2n) is 9.09. The Morgan fingerprint density at radius 1 is 1.18 bits per heavy atom. The number of benzene rings is 1. The molecule has 9 nitrogen and oxygen atoms in total. The van der Waals surface area contributed by atoms with E-state index in [0.717, 1.165) is 10.6 Å². The Kier molecular flexibility index (Phi) is 7.86. The van der Waals surface area contributed by atoms with Gasteiger partial charge >= 0.3 is 12.0 Å². The zero-order chi connectivity index (χ0) is 24.1. The van der Waals surface area contributed by atoms with Crippen LogP contribution in [0.2, 0.25) is 0 Å². The third-order valence-corrected chi connectivity index (χ3v) is 6.09. The third-order valence-electron chi connectivity index (χ3n) is 6.09. The summed E-state index contributed by atoms with van der Waals surface area (Å²) >= 11 is 0. The van der Waals surface area contributed by atoms with Gasteiger partial charge in [-0.1, -0.05) is 56.3 Å². The zero-order valence-electron chi connectivity index (χ0n) is 19.2. The first-order chi connectivity index (χ1) is 15.7. The van der Waals surface area contributed by atoms with Gasteiger partial charge in [0.05, 0.1) is 11.8 Å². The number of nitrogens with one attached hydrogen (secondary N) is 2. The molecule has 0 radical (unpaired) electrons. The van der Waals surface area contributed by atoms with Crippen LogP contribution in [0.3, 0.4) is 0 Å². The number of carboxylic acids is 1. The lowest BCUT2D eigenvalue weighted by molar-refractivity contribution is -0.149. The van der Waals surface area contributed by atoms with Crippen LogP contribution < -0.4 is 10.7 Å². The van der Waals surface area contributed by atoms with E-state index in [1.165, 1.54) is 4.90 Å². The van der Waals surface area contributed by atoms with E-state index in [9.17, 15) is 24.3 Å². The summed E-state index contributed by atoms with van der Waals surface area (Å²) in [5, 5.41) is 13.8. The molecule has 0 bridgehead atoms. The van der Waals surface area contributed by atoms with E-state index in [4.69, 9.17) is 0 Å². The number of aliphatic carboxylic acids is 1. The highest BCUT2D eigenvalue weighted by atomic mass is 16.4. The number of amides is 4. The van der Waals surface area contributed by atoms with Gasteiger partial charge in [-0.15, -0.1) is 0 Å². The van der Waals surface area contributed by atoms with Gasteiger partial charge in [0.1, 0.15) is 6.04 Å². The van der Waals surface area contributed by atoms with Crippen molar-refractivity contribution in [2.24, 2.45) is 17.8 Å². The van der Waals surface area contributed by atoms with E-state index >= 15 is 0 Å². The number of hydrogen-bond donors (Lipinski definition) is 3. The number of fused-ring (bicyclic) bond motifs is 1. The molecule has 4 amide bonds. The summed E-state index contributed by atoms with van der Waals surface area (Å²) in [4.78, 5) is 52.4. The van der Waals surface area contributed by atoms with Crippen LogP contribution in [0.4, 0.5) is 4.79 Å². The molecule has 1 aromatic carbocycles. The molecule has 4 atom stereocenters. The quantitative estimate of drug-likeness (QED) is 0.490. The number of carbonyl (C=O) groups is 4. The maximum atomic E-state index is 13.2. The highest BCUT2D eigenvalue weighted by Gasteiger charge is 2.50. The summed E-state index contributed by atoms with van der Waals surface area (Å²) in [7, 11) is 0. The fourth-order valence-corrected chi connectivity index (χ4v) is 4.43. The lowest BCUT2D eigenvalue weighted by Crippen LogP contribution is -2.56. The minimum absolute atomic E-state index is 0.0428. The SMILES string of the molecule is CC(C)C[C@@H](C(=O)NN1C(=O)C2CNCC(C)N2C1=O)C(C/C=C/c1ccccc1)C(=O)O. The molecule has 0 aromatic heterocycles. The normalized spacial score (nSPS) is 22.5. The van der Waals surface area contributed by atoms with Gasteiger partial charge in [0.25, 0.3) is 5.91 Å². The van der Waals surface area contributed by atoms with Crippen LogP contribution in [0.25, 0.3) is 6.08 Å². The molecule has 0 aliphatic carbocycles. The fourth-order valence-electron chi connectivity index (χ4n) is 4.43. The number of hydrazine groups is 1. The number of urea groups is 1. The van der Waals surface area contributed by atoms with Crippen LogP contribution in [0.1, 0.15) is 39.2 Å². The Balaban J connectivity index is 1.76. The van der Waals surface area contributed by atoms with Gasteiger partial charge in [0.15, 0.2) is 0 Å². The van der Waals surface area contributed by atoms with Crippen molar-refractivity contribution in [3.05, 3.63) is 42.0 Å². The van der Waals surface area contributed by atoms with E-state index in [1.807, 2.05) is 57.2 Å². The van der Waals surface area contributed by atoms with E-state index in [2.05, 4.69) is 10.7 Å². The molecule has 2 saturated heterocycles. The lowest BCUT2D eigenvalue weighted by Gasteiger charge is -2.33. The number of imide groups is 1. The van der Waals surface area contributed by atoms with E-state index < -0.39 is 41.7 Å². The van der Waals surface area contributed by atoms with Crippen LogP contribution in [0.5, 0.6) is 0 Å². The second-order valence-corrected chi connectivity index (χ2v) is 9.09. The minimum Gasteiger partial charge on any atom is -0.481 e. The van der Waals surface area contributed by atoms with Crippen molar-refractivity contribution in [3.63, 3.8) is 0 Å². The molecule has 2 aliphatic heterocycles. The van der Waals surface area contributed by atoms with Crippen molar-refractivity contribution in [2.75, 3.05) is 13.1 Å². The highest BCUT2D eigenvalue weighted by molar-refractivity contribution is 6.06. The van der Waals surface area contributed by atoms with Crippen molar-refractivity contribution in [3.8, 4) is 0 Å². The van der Waals surface area contributed by atoms with Gasteiger partial charge in [-0.2, -0.15) is 5.01 Å². The summed E-state index contributed by atoms with van der Waals surface area (Å²) in [5.41, 5.74) is 3.37. The molecule has 2 fully saturated rings. The first-order valence-electron chi connectivity index (χ1n) is 11.3. The van der Waals surface area contributed by atoms with E-state index in [0.29, 0.717) is 19.5 Å². The van der Waals surface area contributed by atoms with E-state index in [-0.39, 0.29) is 18.4 Å². The molecular formula is C24H32N4O5. The van der Waals surface area contributed by atoms with Gasteiger partial charge in [0, 0.05) is 19.1 Å². The lowest BCUT2D eigenvalue weighted by atomic mass is 9.82. The first-order valence-corrected chi connectivity index (χ1v) is 11.3. The van der Waals surface area contributed by atoms with Gasteiger partial charge in [-0.05, 0) is 31.2 Å². The average Bonchev–Trinajstić information content (AvgIpc) is 3.01. The third kappa shape index (κ3) is 5.60. The second kappa shape index (κ2) is 10.6. The Hall–Kier alpha value is -3.20. The van der Waals surface area contributed by atoms with Crippen molar-refractivity contribution in [1.29, 1.82) is 0 Å². The number of allylic oxidation sites excluding steroid dienone is 1. The summed E-state index contributed by atoms with van der Waals surface area (Å²) in [6.45, 7) is 6.51. The van der Waals surface area contributed by atoms with Gasteiger partial charge < -0.3 is 15.3 Å². The Morgan fingerprint density at radius 2 is 1.88 bits per heavy atom. The monoisotopic (exact) mass is 456 g/mol. The van der Waals surface area contributed by atoms with Crippen molar-refractivity contribution in [2.45, 2.75) is 45.7 Å². The minimum atomic E-state index is -1.09. The number of rotatable bonds is 9. The average molecular weight is 457 g/mol. The van der Waals surface area contributed by atoms with Crippen LogP contribution in [-0.2, 0) is 14.4 Å². The smallest absolute Gasteiger partial charge is 0.347 e. The Labute approximate surface area is 193 Å². The molecule has 2 aliphatic rings.